The summed E-state index contributed by atoms with van der Waals surface area (Å²) in [4.78, 5) is 27.6. The number of aryl methyl sites for hydroxylation is 1. The van der Waals surface area contributed by atoms with E-state index in [9.17, 15) is 18.0 Å². The van der Waals surface area contributed by atoms with E-state index in [0.29, 0.717) is 17.1 Å². The van der Waals surface area contributed by atoms with E-state index in [2.05, 4.69) is 5.32 Å². The van der Waals surface area contributed by atoms with E-state index < -0.39 is 28.5 Å². The van der Waals surface area contributed by atoms with Gasteiger partial charge >= 0.3 is 0 Å². The number of sulfonamides is 1. The van der Waals surface area contributed by atoms with E-state index in [0.717, 1.165) is 15.4 Å². The van der Waals surface area contributed by atoms with Crippen molar-refractivity contribution >= 4 is 39.1 Å². The second-order valence-corrected chi connectivity index (χ2v) is 10.7. The molecule has 0 aromatic heterocycles. The number of halogens is 1. The van der Waals surface area contributed by atoms with Gasteiger partial charge in [-0.15, -0.1) is 0 Å². The van der Waals surface area contributed by atoms with E-state index in [4.69, 9.17) is 11.6 Å². The number of likely N-dealkylation sites (N-methyl/N-ethyl adjacent to an activating group) is 1. The molecule has 3 rings (SSSR count). The third-order valence-electron chi connectivity index (χ3n) is 5.90. The van der Waals surface area contributed by atoms with Gasteiger partial charge in [0.05, 0.1) is 10.6 Å². The lowest BCUT2D eigenvalue weighted by atomic mass is 10.1. The number of benzene rings is 3. The third-order valence-corrected chi connectivity index (χ3v) is 7.94. The van der Waals surface area contributed by atoms with E-state index in [1.807, 2.05) is 37.3 Å². The fourth-order valence-corrected chi connectivity index (χ4v) is 5.29. The number of carbonyl (C=O) groups excluding carboxylic acids is 2. The fraction of sp³-hybridized carbons (Fsp3) is 0.259. The van der Waals surface area contributed by atoms with Crippen molar-refractivity contribution in [1.82, 2.24) is 10.2 Å². The van der Waals surface area contributed by atoms with Crippen LogP contribution in [0.3, 0.4) is 0 Å². The van der Waals surface area contributed by atoms with Crippen molar-refractivity contribution in [2.24, 2.45) is 0 Å². The van der Waals surface area contributed by atoms with E-state index in [1.54, 1.807) is 43.3 Å². The predicted molar refractivity (Wildman–Crippen MR) is 143 cm³/mol. The van der Waals surface area contributed by atoms with Gasteiger partial charge in [-0.1, -0.05) is 59.6 Å². The Bertz CT molecular complexity index is 1280. The number of amides is 2. The summed E-state index contributed by atoms with van der Waals surface area (Å²) in [6.07, 6.45) is 0.513. The minimum Gasteiger partial charge on any atom is -0.357 e. The minimum absolute atomic E-state index is 0.0611. The minimum atomic E-state index is -4.09. The average Bonchev–Trinajstić information content (AvgIpc) is 2.88. The van der Waals surface area contributed by atoms with Gasteiger partial charge in [0.2, 0.25) is 11.8 Å². The Labute approximate surface area is 217 Å². The Kier molecular flexibility index (Phi) is 9.12. The molecule has 3 aromatic carbocycles. The number of hydrogen-bond acceptors (Lipinski definition) is 4. The lowest BCUT2D eigenvalue weighted by molar-refractivity contribution is -0.138. The maximum Gasteiger partial charge on any atom is 0.264 e. The Balaban J connectivity index is 1.96. The Hall–Kier alpha value is -3.36. The van der Waals surface area contributed by atoms with Gasteiger partial charge in [-0.05, 0) is 62.2 Å². The van der Waals surface area contributed by atoms with Crippen LogP contribution in [0.5, 0.6) is 0 Å². The molecule has 0 spiro atoms. The van der Waals surface area contributed by atoms with Crippen LogP contribution in [0, 0.1) is 6.92 Å². The predicted octanol–water partition coefficient (Wildman–Crippen LogP) is 4.05. The first kappa shape index (κ1) is 27.2. The van der Waals surface area contributed by atoms with Crippen molar-refractivity contribution in [2.75, 3.05) is 24.4 Å². The highest BCUT2D eigenvalue weighted by molar-refractivity contribution is 7.92. The molecule has 0 heterocycles. The zero-order valence-electron chi connectivity index (χ0n) is 20.5. The van der Waals surface area contributed by atoms with E-state index in [-0.39, 0.29) is 17.3 Å². The molecule has 0 fully saturated rings. The number of carbonyl (C=O) groups is 2. The van der Waals surface area contributed by atoms with Gasteiger partial charge < -0.3 is 10.2 Å². The van der Waals surface area contributed by atoms with E-state index >= 15 is 0 Å². The van der Waals surface area contributed by atoms with Gasteiger partial charge in [0.25, 0.3) is 10.0 Å². The third kappa shape index (κ3) is 6.65. The molecule has 0 aliphatic rings. The summed E-state index contributed by atoms with van der Waals surface area (Å²) in [5, 5.41) is 3.01. The molecule has 0 aliphatic heterocycles. The largest absolute Gasteiger partial charge is 0.357 e. The molecule has 7 nitrogen and oxygen atoms in total. The molecule has 1 N–H and O–H groups in total. The molecule has 190 valence electrons. The van der Waals surface area contributed by atoms with Crippen LogP contribution in [0.2, 0.25) is 5.02 Å². The molecule has 3 aromatic rings. The first-order valence-corrected chi connectivity index (χ1v) is 13.3. The lowest BCUT2D eigenvalue weighted by Gasteiger charge is -2.31. The number of nitrogens with one attached hydrogen (secondary N) is 1. The molecule has 0 bridgehead atoms. The highest BCUT2D eigenvalue weighted by Crippen LogP contribution is 2.26. The number of hydrogen-bond donors (Lipinski definition) is 1. The van der Waals surface area contributed by atoms with Crippen LogP contribution in [0.4, 0.5) is 5.69 Å². The summed E-state index contributed by atoms with van der Waals surface area (Å²) in [6.45, 7) is 3.26. The summed E-state index contributed by atoms with van der Waals surface area (Å²) in [6, 6.07) is 21.5. The first-order chi connectivity index (χ1) is 17.1. The van der Waals surface area contributed by atoms with Crippen molar-refractivity contribution in [1.29, 1.82) is 0 Å². The molecule has 0 aliphatic carbocycles. The van der Waals surface area contributed by atoms with Gasteiger partial charge in [-0.3, -0.25) is 13.9 Å². The second-order valence-electron chi connectivity index (χ2n) is 8.41. The summed E-state index contributed by atoms with van der Waals surface area (Å²) >= 11 is 6.03. The SMILES string of the molecule is CNC(=O)C(C)N(CCc1ccccc1)C(=O)CN(c1ccc(Cl)cc1)S(=O)(=O)c1ccc(C)cc1. The first-order valence-electron chi connectivity index (χ1n) is 11.5. The van der Waals surface area contributed by atoms with Crippen LogP contribution in [-0.4, -0.2) is 51.3 Å². The maximum absolute atomic E-state index is 13.7. The molecular formula is C27H30ClN3O4S. The number of nitrogens with zero attached hydrogens (tertiary/aromatic N) is 2. The smallest absolute Gasteiger partial charge is 0.264 e. The van der Waals surface area contributed by atoms with Crippen LogP contribution in [0.15, 0.2) is 83.8 Å². The van der Waals surface area contributed by atoms with Gasteiger partial charge in [0.1, 0.15) is 12.6 Å². The standard InChI is InChI=1S/C27H30ClN3O4S/c1-20-9-15-25(16-10-20)36(34,35)31(24-13-11-23(28)12-14-24)19-26(32)30(21(2)27(33)29-3)18-17-22-7-5-4-6-8-22/h4-16,21H,17-19H2,1-3H3,(H,29,33). The molecule has 36 heavy (non-hydrogen) atoms. The quantitative estimate of drug-likeness (QED) is 0.431. The van der Waals surface area contributed by atoms with Crippen LogP contribution in [0.25, 0.3) is 0 Å². The summed E-state index contributed by atoms with van der Waals surface area (Å²) in [5.74, 6) is -0.830. The molecule has 0 radical (unpaired) electrons. The van der Waals surface area contributed by atoms with Crippen molar-refractivity contribution in [3.8, 4) is 0 Å². The maximum atomic E-state index is 13.7. The average molecular weight is 528 g/mol. The highest BCUT2D eigenvalue weighted by Gasteiger charge is 2.32. The van der Waals surface area contributed by atoms with Crippen molar-refractivity contribution < 1.29 is 18.0 Å². The van der Waals surface area contributed by atoms with Gasteiger partial charge in [-0.25, -0.2) is 8.42 Å². The summed E-state index contributed by atoms with van der Waals surface area (Å²) < 4.78 is 28.4. The second kappa shape index (κ2) is 12.1. The van der Waals surface area contributed by atoms with Crippen LogP contribution in [0.1, 0.15) is 18.1 Å². The zero-order valence-corrected chi connectivity index (χ0v) is 22.1. The van der Waals surface area contributed by atoms with Gasteiger partial charge in [0, 0.05) is 18.6 Å². The molecule has 0 saturated carbocycles. The monoisotopic (exact) mass is 527 g/mol. The van der Waals surface area contributed by atoms with Crippen molar-refractivity contribution in [2.45, 2.75) is 31.2 Å². The molecule has 0 saturated heterocycles. The van der Waals surface area contributed by atoms with Crippen LogP contribution in [-0.2, 0) is 26.0 Å². The van der Waals surface area contributed by atoms with Crippen LogP contribution >= 0.6 is 11.6 Å². The lowest BCUT2D eigenvalue weighted by Crippen LogP contribution is -2.51. The Morgan fingerprint density at radius 2 is 1.56 bits per heavy atom. The van der Waals surface area contributed by atoms with Crippen LogP contribution < -0.4 is 9.62 Å². The molecular weight excluding hydrogens is 498 g/mol. The summed E-state index contributed by atoms with van der Waals surface area (Å²) in [7, 11) is -2.59. The Morgan fingerprint density at radius 1 is 0.944 bits per heavy atom. The van der Waals surface area contributed by atoms with Crippen molar-refractivity contribution in [3.05, 3.63) is 95.0 Å². The molecule has 2 amide bonds. The highest BCUT2D eigenvalue weighted by atomic mass is 35.5. The fourth-order valence-electron chi connectivity index (χ4n) is 3.75. The van der Waals surface area contributed by atoms with Gasteiger partial charge in [0.15, 0.2) is 0 Å². The molecule has 9 heteroatoms. The number of rotatable bonds is 10. The number of anilines is 1. The van der Waals surface area contributed by atoms with E-state index in [1.165, 1.54) is 24.1 Å². The topological polar surface area (TPSA) is 86.8 Å². The van der Waals surface area contributed by atoms with Gasteiger partial charge in [-0.2, -0.15) is 0 Å². The Morgan fingerprint density at radius 3 is 2.14 bits per heavy atom. The normalized spacial score (nSPS) is 12.0. The zero-order chi connectivity index (χ0) is 26.3. The summed E-state index contributed by atoms with van der Waals surface area (Å²) in [5.41, 5.74) is 2.21. The molecule has 1 unspecified atom stereocenters. The van der Waals surface area contributed by atoms with Crippen molar-refractivity contribution in [3.63, 3.8) is 0 Å². The molecule has 1 atom stereocenters.